The molecule has 1 unspecified atom stereocenters. The molecule has 0 spiro atoms. The zero-order valence-electron chi connectivity index (χ0n) is 16.3. The summed E-state index contributed by atoms with van der Waals surface area (Å²) in [6, 6.07) is 15.0. The molecule has 2 aromatic heterocycles. The Labute approximate surface area is 171 Å². The lowest BCUT2D eigenvalue weighted by atomic mass is 10.2. The molecule has 0 aliphatic carbocycles. The highest BCUT2D eigenvalue weighted by Gasteiger charge is 2.22. The van der Waals surface area contributed by atoms with Crippen LogP contribution in [0.3, 0.4) is 0 Å². The van der Waals surface area contributed by atoms with E-state index in [0.29, 0.717) is 34.1 Å². The van der Waals surface area contributed by atoms with E-state index in [1.165, 1.54) is 11.8 Å². The van der Waals surface area contributed by atoms with Crippen LogP contribution in [0.2, 0.25) is 0 Å². The van der Waals surface area contributed by atoms with Crippen molar-refractivity contribution in [1.82, 2.24) is 19.2 Å². The smallest absolute Gasteiger partial charge is 0.319 e. The zero-order valence-corrected chi connectivity index (χ0v) is 17.1. The van der Waals surface area contributed by atoms with E-state index < -0.39 is 5.25 Å². The molecule has 0 amide bonds. The molecule has 0 N–H and O–H groups in total. The van der Waals surface area contributed by atoms with Gasteiger partial charge in [-0.05, 0) is 45.0 Å². The molecule has 148 valence electrons. The lowest BCUT2D eigenvalue weighted by Crippen LogP contribution is -2.22. The number of ether oxygens (including phenoxy) is 1. The highest BCUT2D eigenvalue weighted by Crippen LogP contribution is 2.26. The molecule has 0 aliphatic heterocycles. The van der Waals surface area contributed by atoms with Gasteiger partial charge in [0.05, 0.1) is 23.2 Å². The van der Waals surface area contributed by atoms with Gasteiger partial charge in [0.2, 0.25) is 5.78 Å². The first kappa shape index (κ1) is 19.2. The molecule has 8 heteroatoms. The third-order valence-electron chi connectivity index (χ3n) is 4.59. The summed E-state index contributed by atoms with van der Waals surface area (Å²) in [6.45, 7) is 5.85. The van der Waals surface area contributed by atoms with E-state index in [2.05, 4.69) is 10.2 Å². The number of carbonyl (C=O) groups excluding carboxylic acids is 1. The summed E-state index contributed by atoms with van der Waals surface area (Å²) in [4.78, 5) is 25.3. The largest absolute Gasteiger partial charge is 0.465 e. The zero-order chi connectivity index (χ0) is 20.5. The predicted molar refractivity (Wildman–Crippen MR) is 113 cm³/mol. The molecule has 4 rings (SSSR count). The first-order valence-corrected chi connectivity index (χ1v) is 10.2. The van der Waals surface area contributed by atoms with Crippen molar-refractivity contribution < 1.29 is 9.53 Å². The topological polar surface area (TPSA) is 78.5 Å². The van der Waals surface area contributed by atoms with Crippen molar-refractivity contribution >= 4 is 34.4 Å². The number of rotatable bonds is 5. The highest BCUT2D eigenvalue weighted by atomic mass is 32.2. The number of aromatic nitrogens is 4. The Morgan fingerprint density at radius 1 is 1.14 bits per heavy atom. The van der Waals surface area contributed by atoms with Crippen molar-refractivity contribution in [3.63, 3.8) is 0 Å². The molecule has 0 bridgehead atoms. The van der Waals surface area contributed by atoms with Gasteiger partial charge in [0, 0.05) is 0 Å². The summed E-state index contributed by atoms with van der Waals surface area (Å²) >= 11 is 1.25. The fourth-order valence-corrected chi connectivity index (χ4v) is 4.00. The summed E-state index contributed by atoms with van der Waals surface area (Å²) in [5.41, 5.74) is 2.33. The standard InChI is InChI=1S/C21H20N4O3S/c1-4-28-19(27)14(3)29-21-23-22-20-24(15-11-9-13(2)10-12-15)18(26)16-7-5-6-8-17(16)25(20)21/h5-12,14H,4H2,1-3H3. The Balaban J connectivity index is 1.96. The van der Waals surface area contributed by atoms with Crippen LogP contribution in [0, 0.1) is 6.92 Å². The lowest BCUT2D eigenvalue weighted by molar-refractivity contribution is -0.142. The van der Waals surface area contributed by atoms with Crippen LogP contribution in [0.5, 0.6) is 0 Å². The van der Waals surface area contributed by atoms with Gasteiger partial charge in [0.25, 0.3) is 5.56 Å². The van der Waals surface area contributed by atoms with E-state index in [4.69, 9.17) is 4.74 Å². The molecule has 0 fully saturated rings. The molecule has 2 heterocycles. The van der Waals surface area contributed by atoms with Gasteiger partial charge in [0.15, 0.2) is 5.16 Å². The highest BCUT2D eigenvalue weighted by molar-refractivity contribution is 8.00. The molecular weight excluding hydrogens is 388 g/mol. The first-order valence-electron chi connectivity index (χ1n) is 9.30. The first-order chi connectivity index (χ1) is 14.0. The maximum absolute atomic E-state index is 13.3. The maximum atomic E-state index is 13.3. The van der Waals surface area contributed by atoms with Crippen LogP contribution < -0.4 is 5.56 Å². The number of nitrogens with zero attached hydrogens (tertiary/aromatic N) is 4. The summed E-state index contributed by atoms with van der Waals surface area (Å²) in [7, 11) is 0. The van der Waals surface area contributed by atoms with Crippen molar-refractivity contribution in [2.75, 3.05) is 6.61 Å². The number of fused-ring (bicyclic) bond motifs is 3. The molecule has 4 aromatic rings. The quantitative estimate of drug-likeness (QED) is 0.372. The number of hydrogen-bond donors (Lipinski definition) is 0. The van der Waals surface area contributed by atoms with Crippen LogP contribution in [-0.4, -0.2) is 37.0 Å². The van der Waals surface area contributed by atoms with E-state index in [1.807, 2.05) is 53.8 Å². The van der Waals surface area contributed by atoms with Gasteiger partial charge in [0.1, 0.15) is 5.25 Å². The van der Waals surface area contributed by atoms with Crippen molar-refractivity contribution in [2.24, 2.45) is 0 Å². The number of esters is 1. The second-order valence-electron chi connectivity index (χ2n) is 6.62. The van der Waals surface area contributed by atoms with Crippen molar-refractivity contribution in [1.29, 1.82) is 0 Å². The molecule has 1 atom stereocenters. The van der Waals surface area contributed by atoms with Crippen LogP contribution in [0.25, 0.3) is 22.4 Å². The monoisotopic (exact) mass is 408 g/mol. The van der Waals surface area contributed by atoms with Gasteiger partial charge >= 0.3 is 5.97 Å². The third-order valence-corrected chi connectivity index (χ3v) is 5.61. The summed E-state index contributed by atoms with van der Waals surface area (Å²) < 4.78 is 8.47. The minimum atomic E-state index is -0.458. The molecule has 2 aromatic carbocycles. The predicted octanol–water partition coefficient (Wildman–Crippen LogP) is 3.39. The lowest BCUT2D eigenvalue weighted by Gasteiger charge is -2.13. The van der Waals surface area contributed by atoms with E-state index in [9.17, 15) is 9.59 Å². The van der Waals surface area contributed by atoms with E-state index >= 15 is 0 Å². The van der Waals surface area contributed by atoms with Gasteiger partial charge in [-0.3, -0.25) is 14.0 Å². The average Bonchev–Trinajstić information content (AvgIpc) is 3.13. The maximum Gasteiger partial charge on any atom is 0.319 e. The van der Waals surface area contributed by atoms with Crippen LogP contribution in [0.1, 0.15) is 19.4 Å². The van der Waals surface area contributed by atoms with Crippen molar-refractivity contribution in [3.8, 4) is 5.69 Å². The molecule has 7 nitrogen and oxygen atoms in total. The fourth-order valence-electron chi connectivity index (χ4n) is 3.15. The average molecular weight is 408 g/mol. The number of thioether (sulfide) groups is 1. The number of aryl methyl sites for hydroxylation is 1. The van der Waals surface area contributed by atoms with E-state index in [0.717, 1.165) is 5.56 Å². The molecule has 0 saturated carbocycles. The number of benzene rings is 2. The Kier molecular flexibility index (Phi) is 5.10. The Morgan fingerprint density at radius 3 is 2.59 bits per heavy atom. The second kappa shape index (κ2) is 7.71. The molecule has 0 aliphatic rings. The summed E-state index contributed by atoms with van der Waals surface area (Å²) in [6.07, 6.45) is 0. The van der Waals surface area contributed by atoms with Crippen LogP contribution in [0.4, 0.5) is 0 Å². The molecular formula is C21H20N4O3S. The number of para-hydroxylation sites is 1. The number of hydrogen-bond acceptors (Lipinski definition) is 6. The number of carbonyl (C=O) groups is 1. The normalized spacial score (nSPS) is 12.4. The fraction of sp³-hybridized carbons (Fsp3) is 0.238. The third kappa shape index (κ3) is 3.40. The Morgan fingerprint density at radius 2 is 1.86 bits per heavy atom. The minimum absolute atomic E-state index is 0.167. The molecule has 0 saturated heterocycles. The van der Waals surface area contributed by atoms with Gasteiger partial charge in [-0.15, -0.1) is 10.2 Å². The second-order valence-corrected chi connectivity index (χ2v) is 7.93. The van der Waals surface area contributed by atoms with Gasteiger partial charge in [-0.1, -0.05) is 41.6 Å². The SMILES string of the molecule is CCOC(=O)C(C)Sc1nnc2n(-c3ccc(C)cc3)c(=O)c3ccccc3n12. The Hall–Kier alpha value is -3.13. The van der Waals surface area contributed by atoms with Crippen molar-refractivity contribution in [2.45, 2.75) is 31.2 Å². The minimum Gasteiger partial charge on any atom is -0.465 e. The summed E-state index contributed by atoms with van der Waals surface area (Å²) in [5.74, 6) is 0.0847. The van der Waals surface area contributed by atoms with Gasteiger partial charge in [-0.2, -0.15) is 0 Å². The molecule has 0 radical (unpaired) electrons. The van der Waals surface area contributed by atoms with Crippen LogP contribution in [0.15, 0.2) is 58.5 Å². The Bertz CT molecular complexity index is 1260. The van der Waals surface area contributed by atoms with Gasteiger partial charge < -0.3 is 4.74 Å². The van der Waals surface area contributed by atoms with Crippen LogP contribution in [-0.2, 0) is 9.53 Å². The van der Waals surface area contributed by atoms with Gasteiger partial charge in [-0.25, -0.2) is 4.57 Å². The molecule has 29 heavy (non-hydrogen) atoms. The van der Waals surface area contributed by atoms with Crippen molar-refractivity contribution in [3.05, 3.63) is 64.4 Å². The van der Waals surface area contributed by atoms with E-state index in [1.54, 1.807) is 24.5 Å². The van der Waals surface area contributed by atoms with Crippen LogP contribution >= 0.6 is 11.8 Å². The van der Waals surface area contributed by atoms with E-state index in [-0.39, 0.29) is 11.5 Å². The summed E-state index contributed by atoms with van der Waals surface area (Å²) in [5, 5.41) is 9.19.